The van der Waals surface area contributed by atoms with Crippen LogP contribution in [0.1, 0.15) is 11.3 Å². The first-order valence-electron chi connectivity index (χ1n) is 5.25. The van der Waals surface area contributed by atoms with E-state index in [0.717, 1.165) is 22.3 Å². The monoisotopic (exact) mass is 217 g/mol. The van der Waals surface area contributed by atoms with Gasteiger partial charge in [0, 0.05) is 19.5 Å². The molecule has 1 aromatic carbocycles. The van der Waals surface area contributed by atoms with Gasteiger partial charge in [0.2, 0.25) is 5.91 Å². The molecular formula is C13H15NO2. The fourth-order valence-corrected chi connectivity index (χ4v) is 1.67. The van der Waals surface area contributed by atoms with Crippen LogP contribution in [-0.4, -0.2) is 24.9 Å². The van der Waals surface area contributed by atoms with Gasteiger partial charge in [0.05, 0.1) is 6.42 Å². The summed E-state index contributed by atoms with van der Waals surface area (Å²) in [7, 11) is 3.53. The molecule has 0 aliphatic carbocycles. The van der Waals surface area contributed by atoms with Crippen molar-refractivity contribution in [1.29, 1.82) is 0 Å². The van der Waals surface area contributed by atoms with Crippen molar-refractivity contribution in [3.05, 3.63) is 35.6 Å². The number of rotatable bonds is 2. The van der Waals surface area contributed by atoms with Gasteiger partial charge in [-0.15, -0.1) is 0 Å². The van der Waals surface area contributed by atoms with E-state index in [2.05, 4.69) is 0 Å². The second-order valence-electron chi connectivity index (χ2n) is 4.19. The zero-order valence-electron chi connectivity index (χ0n) is 9.78. The fourth-order valence-electron chi connectivity index (χ4n) is 1.67. The largest absolute Gasteiger partial charge is 0.461 e. The Bertz CT molecular complexity index is 526. The molecule has 1 aromatic heterocycles. The first-order valence-corrected chi connectivity index (χ1v) is 5.25. The molecule has 3 heteroatoms. The SMILES string of the molecule is Cc1cc2cc(CC(=O)N(C)C)ccc2o1. The first kappa shape index (κ1) is 10.7. The number of carbonyl (C=O) groups excluding carboxylic acids is 1. The number of nitrogens with zero attached hydrogens (tertiary/aromatic N) is 1. The van der Waals surface area contributed by atoms with Gasteiger partial charge in [-0.3, -0.25) is 4.79 Å². The van der Waals surface area contributed by atoms with Crippen LogP contribution >= 0.6 is 0 Å². The lowest BCUT2D eigenvalue weighted by Crippen LogP contribution is -2.23. The number of aryl methyl sites for hydroxylation is 1. The Hall–Kier alpha value is -1.77. The minimum atomic E-state index is 0.111. The number of hydrogen-bond donors (Lipinski definition) is 0. The number of carbonyl (C=O) groups is 1. The van der Waals surface area contributed by atoms with E-state index in [0.29, 0.717) is 6.42 Å². The van der Waals surface area contributed by atoms with E-state index in [9.17, 15) is 4.79 Å². The summed E-state index contributed by atoms with van der Waals surface area (Å²) in [5, 5.41) is 1.06. The van der Waals surface area contributed by atoms with Crippen LogP contribution < -0.4 is 0 Å². The summed E-state index contributed by atoms with van der Waals surface area (Å²) in [5.41, 5.74) is 1.89. The lowest BCUT2D eigenvalue weighted by atomic mass is 10.1. The van der Waals surface area contributed by atoms with Gasteiger partial charge in [0.15, 0.2) is 0 Å². The topological polar surface area (TPSA) is 33.5 Å². The van der Waals surface area contributed by atoms with Crippen LogP contribution in [0.3, 0.4) is 0 Å². The Kier molecular flexibility index (Phi) is 2.69. The molecule has 0 atom stereocenters. The molecular weight excluding hydrogens is 202 g/mol. The number of fused-ring (bicyclic) bond motifs is 1. The summed E-state index contributed by atoms with van der Waals surface area (Å²) in [4.78, 5) is 13.2. The maximum atomic E-state index is 11.6. The Morgan fingerprint density at radius 2 is 2.06 bits per heavy atom. The quantitative estimate of drug-likeness (QED) is 0.773. The molecule has 0 radical (unpaired) electrons. The second kappa shape index (κ2) is 4.00. The number of amides is 1. The highest BCUT2D eigenvalue weighted by Gasteiger charge is 2.07. The molecule has 0 aliphatic heterocycles. The van der Waals surface area contributed by atoms with Crippen molar-refractivity contribution < 1.29 is 9.21 Å². The van der Waals surface area contributed by atoms with Crippen molar-refractivity contribution in [3.8, 4) is 0 Å². The van der Waals surface area contributed by atoms with Gasteiger partial charge in [-0.25, -0.2) is 0 Å². The fraction of sp³-hybridized carbons (Fsp3) is 0.308. The Balaban J connectivity index is 2.29. The predicted molar refractivity (Wildman–Crippen MR) is 63.3 cm³/mol. The zero-order valence-corrected chi connectivity index (χ0v) is 9.78. The van der Waals surface area contributed by atoms with Gasteiger partial charge in [0.25, 0.3) is 0 Å². The summed E-state index contributed by atoms with van der Waals surface area (Å²) >= 11 is 0. The maximum Gasteiger partial charge on any atom is 0.226 e. The van der Waals surface area contributed by atoms with Crippen LogP contribution in [0.5, 0.6) is 0 Å². The molecule has 0 fully saturated rings. The maximum absolute atomic E-state index is 11.6. The molecule has 2 rings (SSSR count). The van der Waals surface area contributed by atoms with Crippen molar-refractivity contribution in [1.82, 2.24) is 4.90 Å². The smallest absolute Gasteiger partial charge is 0.226 e. The average Bonchev–Trinajstić information content (AvgIpc) is 2.57. The van der Waals surface area contributed by atoms with Crippen LogP contribution in [0.25, 0.3) is 11.0 Å². The van der Waals surface area contributed by atoms with Crippen molar-refractivity contribution in [2.24, 2.45) is 0 Å². The van der Waals surface area contributed by atoms with E-state index in [1.165, 1.54) is 0 Å². The second-order valence-corrected chi connectivity index (χ2v) is 4.19. The average molecular weight is 217 g/mol. The number of hydrogen-bond acceptors (Lipinski definition) is 2. The molecule has 0 spiro atoms. The van der Waals surface area contributed by atoms with Gasteiger partial charge < -0.3 is 9.32 Å². The van der Waals surface area contributed by atoms with Crippen LogP contribution in [-0.2, 0) is 11.2 Å². The molecule has 2 aromatic rings. The van der Waals surface area contributed by atoms with Gasteiger partial charge in [-0.1, -0.05) is 6.07 Å². The number of benzene rings is 1. The van der Waals surface area contributed by atoms with E-state index < -0.39 is 0 Å². The van der Waals surface area contributed by atoms with Gasteiger partial charge in [0.1, 0.15) is 11.3 Å². The third-order valence-corrected chi connectivity index (χ3v) is 2.56. The summed E-state index contributed by atoms with van der Waals surface area (Å²) in [6, 6.07) is 7.85. The summed E-state index contributed by atoms with van der Waals surface area (Å²) in [6.07, 6.45) is 0.438. The van der Waals surface area contributed by atoms with E-state index in [1.54, 1.807) is 19.0 Å². The van der Waals surface area contributed by atoms with Gasteiger partial charge in [-0.2, -0.15) is 0 Å². The molecule has 0 saturated carbocycles. The standard InChI is InChI=1S/C13H15NO2/c1-9-6-11-7-10(4-5-12(11)16-9)8-13(15)14(2)3/h4-7H,8H2,1-3H3. The van der Waals surface area contributed by atoms with Crippen LogP contribution in [0.2, 0.25) is 0 Å². The van der Waals surface area contributed by atoms with Crippen LogP contribution in [0.15, 0.2) is 28.7 Å². The lowest BCUT2D eigenvalue weighted by molar-refractivity contribution is -0.127. The number of furan rings is 1. The van der Waals surface area contributed by atoms with Crippen LogP contribution in [0.4, 0.5) is 0 Å². The third kappa shape index (κ3) is 2.08. The molecule has 1 amide bonds. The molecule has 3 nitrogen and oxygen atoms in total. The van der Waals surface area contributed by atoms with Crippen molar-refractivity contribution >= 4 is 16.9 Å². The van der Waals surface area contributed by atoms with E-state index in [4.69, 9.17) is 4.42 Å². The predicted octanol–water partition coefficient (Wildman–Crippen LogP) is 2.37. The summed E-state index contributed by atoms with van der Waals surface area (Å²) in [6.45, 7) is 1.92. The third-order valence-electron chi connectivity index (χ3n) is 2.56. The Morgan fingerprint density at radius 3 is 2.75 bits per heavy atom. The highest BCUT2D eigenvalue weighted by molar-refractivity contribution is 5.82. The van der Waals surface area contributed by atoms with E-state index in [-0.39, 0.29) is 5.91 Å². The number of likely N-dealkylation sites (N-methyl/N-ethyl adjacent to an activating group) is 1. The highest BCUT2D eigenvalue weighted by atomic mass is 16.3. The molecule has 1 heterocycles. The summed E-state index contributed by atoms with van der Waals surface area (Å²) in [5.74, 6) is 1.01. The van der Waals surface area contributed by atoms with Crippen molar-refractivity contribution in [2.45, 2.75) is 13.3 Å². The Morgan fingerprint density at radius 1 is 1.31 bits per heavy atom. The molecule has 0 N–H and O–H groups in total. The van der Waals surface area contributed by atoms with Crippen molar-refractivity contribution in [2.75, 3.05) is 14.1 Å². The first-order chi connectivity index (χ1) is 7.56. The zero-order chi connectivity index (χ0) is 11.7. The molecule has 0 unspecified atom stereocenters. The van der Waals surface area contributed by atoms with Crippen molar-refractivity contribution in [3.63, 3.8) is 0 Å². The normalized spacial score (nSPS) is 10.7. The Labute approximate surface area is 94.7 Å². The van der Waals surface area contributed by atoms with Gasteiger partial charge in [-0.05, 0) is 30.7 Å². The molecule has 0 bridgehead atoms. The van der Waals surface area contributed by atoms with Gasteiger partial charge >= 0.3 is 0 Å². The molecule has 0 aliphatic rings. The van der Waals surface area contributed by atoms with E-state index in [1.807, 2.05) is 31.2 Å². The molecule has 0 saturated heterocycles. The molecule has 84 valence electrons. The lowest BCUT2D eigenvalue weighted by Gasteiger charge is -2.09. The summed E-state index contributed by atoms with van der Waals surface area (Å²) < 4.78 is 5.48. The molecule has 16 heavy (non-hydrogen) atoms. The minimum absolute atomic E-state index is 0.111. The van der Waals surface area contributed by atoms with Crippen LogP contribution in [0, 0.1) is 6.92 Å². The highest BCUT2D eigenvalue weighted by Crippen LogP contribution is 2.20. The minimum Gasteiger partial charge on any atom is -0.461 e. The van der Waals surface area contributed by atoms with E-state index >= 15 is 0 Å².